The summed E-state index contributed by atoms with van der Waals surface area (Å²) in [4.78, 5) is 20.6. The van der Waals surface area contributed by atoms with E-state index in [2.05, 4.69) is 22.1 Å². The molecule has 0 spiro atoms. The van der Waals surface area contributed by atoms with Crippen molar-refractivity contribution in [2.75, 3.05) is 26.7 Å². The second kappa shape index (κ2) is 7.54. The quantitative estimate of drug-likeness (QED) is 0.801. The fraction of sp³-hybridized carbons (Fsp3) is 0.800. The largest absolute Gasteiger partial charge is 0.337 e. The lowest BCUT2D eigenvalue weighted by molar-refractivity contribution is -0.132. The third-order valence-electron chi connectivity index (χ3n) is 4.12. The van der Waals surface area contributed by atoms with Gasteiger partial charge in [0.25, 0.3) is 0 Å². The Hall–Kier alpha value is -1.43. The van der Waals surface area contributed by atoms with Crippen LogP contribution in [0.15, 0.2) is 4.52 Å². The second-order valence-corrected chi connectivity index (χ2v) is 5.95. The standard InChI is InChI=1S/C15H26N4O2/c1-4-19(11-14-16-12(2)17-21-14)15(20)8-7-13-6-5-9-18(3)10-13/h13H,4-11H2,1-3H3/t13-/m1/s1. The van der Waals surface area contributed by atoms with Gasteiger partial charge < -0.3 is 14.3 Å². The highest BCUT2D eigenvalue weighted by Crippen LogP contribution is 2.20. The molecule has 1 saturated heterocycles. The third kappa shape index (κ3) is 4.81. The minimum absolute atomic E-state index is 0.182. The van der Waals surface area contributed by atoms with Crippen LogP contribution in [0.1, 0.15) is 44.3 Å². The number of aromatic nitrogens is 2. The maximum Gasteiger partial charge on any atom is 0.246 e. The van der Waals surface area contributed by atoms with E-state index in [9.17, 15) is 4.79 Å². The Kier molecular flexibility index (Phi) is 5.73. The molecule has 1 aromatic rings. The molecule has 0 saturated carbocycles. The Morgan fingerprint density at radius 3 is 2.95 bits per heavy atom. The highest BCUT2D eigenvalue weighted by atomic mass is 16.5. The molecule has 2 rings (SSSR count). The van der Waals surface area contributed by atoms with Crippen molar-refractivity contribution in [3.8, 4) is 0 Å². The zero-order valence-electron chi connectivity index (χ0n) is 13.3. The van der Waals surface area contributed by atoms with Crippen LogP contribution in [0.2, 0.25) is 0 Å². The predicted octanol–water partition coefficient (Wildman–Crippen LogP) is 1.85. The maximum atomic E-state index is 12.3. The van der Waals surface area contributed by atoms with E-state index in [-0.39, 0.29) is 5.91 Å². The molecule has 0 radical (unpaired) electrons. The summed E-state index contributed by atoms with van der Waals surface area (Å²) < 4.78 is 5.09. The first-order valence-electron chi connectivity index (χ1n) is 7.84. The van der Waals surface area contributed by atoms with Crippen LogP contribution in [0.5, 0.6) is 0 Å². The van der Waals surface area contributed by atoms with Gasteiger partial charge in [0.1, 0.15) is 0 Å². The first-order chi connectivity index (χ1) is 10.1. The second-order valence-electron chi connectivity index (χ2n) is 5.95. The van der Waals surface area contributed by atoms with E-state index in [0.717, 1.165) is 13.0 Å². The van der Waals surface area contributed by atoms with Crippen molar-refractivity contribution in [2.45, 2.75) is 46.1 Å². The number of rotatable bonds is 6. The molecule has 6 nitrogen and oxygen atoms in total. The minimum Gasteiger partial charge on any atom is -0.337 e. The Labute approximate surface area is 126 Å². The molecule has 1 fully saturated rings. The van der Waals surface area contributed by atoms with E-state index >= 15 is 0 Å². The van der Waals surface area contributed by atoms with E-state index < -0.39 is 0 Å². The molecule has 1 aromatic heterocycles. The molecule has 21 heavy (non-hydrogen) atoms. The maximum absolute atomic E-state index is 12.3. The Morgan fingerprint density at radius 1 is 1.52 bits per heavy atom. The van der Waals surface area contributed by atoms with Crippen LogP contribution in [0, 0.1) is 12.8 Å². The van der Waals surface area contributed by atoms with Gasteiger partial charge in [-0.25, -0.2) is 0 Å². The van der Waals surface area contributed by atoms with Crippen LogP contribution in [-0.2, 0) is 11.3 Å². The summed E-state index contributed by atoms with van der Waals surface area (Å²) in [5.74, 6) is 1.96. The number of nitrogens with zero attached hydrogens (tertiary/aromatic N) is 4. The van der Waals surface area contributed by atoms with Crippen molar-refractivity contribution in [3.05, 3.63) is 11.7 Å². The highest BCUT2D eigenvalue weighted by molar-refractivity contribution is 5.76. The van der Waals surface area contributed by atoms with Gasteiger partial charge in [-0.2, -0.15) is 4.98 Å². The van der Waals surface area contributed by atoms with Crippen LogP contribution in [0.25, 0.3) is 0 Å². The van der Waals surface area contributed by atoms with Gasteiger partial charge >= 0.3 is 0 Å². The molecular formula is C15H26N4O2. The summed E-state index contributed by atoms with van der Waals surface area (Å²) in [7, 11) is 2.16. The zero-order valence-corrected chi connectivity index (χ0v) is 13.3. The number of aryl methyl sites for hydroxylation is 1. The SMILES string of the molecule is CCN(Cc1nc(C)no1)C(=O)CC[C@H]1CCCN(C)C1. The zero-order chi connectivity index (χ0) is 15.2. The van der Waals surface area contributed by atoms with Gasteiger partial charge in [0.15, 0.2) is 5.82 Å². The van der Waals surface area contributed by atoms with Gasteiger partial charge in [0.05, 0.1) is 6.54 Å². The van der Waals surface area contributed by atoms with Gasteiger partial charge in [0, 0.05) is 19.5 Å². The number of likely N-dealkylation sites (tertiary alicyclic amines) is 1. The molecular weight excluding hydrogens is 268 g/mol. The van der Waals surface area contributed by atoms with Crippen molar-refractivity contribution < 1.29 is 9.32 Å². The molecule has 2 heterocycles. The molecule has 0 aromatic carbocycles. The van der Waals surface area contributed by atoms with Crippen molar-refractivity contribution >= 4 is 5.91 Å². The number of carbonyl (C=O) groups excluding carboxylic acids is 1. The first-order valence-corrected chi connectivity index (χ1v) is 7.84. The summed E-state index contributed by atoms with van der Waals surface area (Å²) in [5, 5.41) is 3.76. The monoisotopic (exact) mass is 294 g/mol. The van der Waals surface area contributed by atoms with Gasteiger partial charge in [0.2, 0.25) is 11.8 Å². The third-order valence-corrected chi connectivity index (χ3v) is 4.12. The van der Waals surface area contributed by atoms with Gasteiger partial charge in [-0.15, -0.1) is 0 Å². The Balaban J connectivity index is 1.79. The van der Waals surface area contributed by atoms with Crippen molar-refractivity contribution in [1.82, 2.24) is 19.9 Å². The number of amides is 1. The Bertz CT molecular complexity index is 460. The molecule has 0 aliphatic carbocycles. The Morgan fingerprint density at radius 2 is 2.33 bits per heavy atom. The van der Waals surface area contributed by atoms with E-state index in [1.165, 1.54) is 19.4 Å². The van der Waals surface area contributed by atoms with E-state index in [0.29, 0.717) is 37.1 Å². The van der Waals surface area contributed by atoms with Crippen LogP contribution in [-0.4, -0.2) is 52.5 Å². The van der Waals surface area contributed by atoms with E-state index in [1.807, 2.05) is 6.92 Å². The van der Waals surface area contributed by atoms with Crippen LogP contribution in [0.3, 0.4) is 0 Å². The number of carbonyl (C=O) groups is 1. The summed E-state index contributed by atoms with van der Waals surface area (Å²) in [6.45, 7) is 7.15. The van der Waals surface area contributed by atoms with Crippen molar-refractivity contribution in [2.24, 2.45) is 5.92 Å². The lowest BCUT2D eigenvalue weighted by atomic mass is 9.93. The molecule has 0 unspecified atom stereocenters. The topological polar surface area (TPSA) is 62.5 Å². The van der Waals surface area contributed by atoms with E-state index in [1.54, 1.807) is 11.8 Å². The van der Waals surface area contributed by atoms with Crippen molar-refractivity contribution in [3.63, 3.8) is 0 Å². The average molecular weight is 294 g/mol. The van der Waals surface area contributed by atoms with Crippen molar-refractivity contribution in [1.29, 1.82) is 0 Å². The first kappa shape index (κ1) is 15.9. The van der Waals surface area contributed by atoms with Gasteiger partial charge in [-0.3, -0.25) is 4.79 Å². The summed E-state index contributed by atoms with van der Waals surface area (Å²) >= 11 is 0. The number of hydrogen-bond acceptors (Lipinski definition) is 5. The summed E-state index contributed by atoms with van der Waals surface area (Å²) in [5.41, 5.74) is 0. The minimum atomic E-state index is 0.182. The molecule has 1 aliphatic heterocycles. The normalized spacial score (nSPS) is 19.7. The van der Waals surface area contributed by atoms with Crippen LogP contribution >= 0.6 is 0 Å². The van der Waals surface area contributed by atoms with Gasteiger partial charge in [-0.1, -0.05) is 5.16 Å². The molecule has 1 atom stereocenters. The van der Waals surface area contributed by atoms with Crippen LogP contribution in [0.4, 0.5) is 0 Å². The molecule has 1 aliphatic rings. The van der Waals surface area contributed by atoms with Crippen LogP contribution < -0.4 is 0 Å². The number of hydrogen-bond donors (Lipinski definition) is 0. The fourth-order valence-electron chi connectivity index (χ4n) is 2.94. The number of piperidine rings is 1. The molecule has 1 amide bonds. The molecule has 118 valence electrons. The summed E-state index contributed by atoms with van der Waals surface area (Å²) in [6, 6.07) is 0. The highest BCUT2D eigenvalue weighted by Gasteiger charge is 2.20. The molecule has 0 N–H and O–H groups in total. The smallest absolute Gasteiger partial charge is 0.246 e. The molecule has 6 heteroatoms. The van der Waals surface area contributed by atoms with Gasteiger partial charge in [-0.05, 0) is 52.6 Å². The lowest BCUT2D eigenvalue weighted by Gasteiger charge is -2.30. The summed E-state index contributed by atoms with van der Waals surface area (Å²) in [6.07, 6.45) is 4.07. The fourth-order valence-corrected chi connectivity index (χ4v) is 2.94. The predicted molar refractivity (Wildman–Crippen MR) is 79.6 cm³/mol. The lowest BCUT2D eigenvalue weighted by Crippen LogP contribution is -2.34. The van der Waals surface area contributed by atoms with E-state index in [4.69, 9.17) is 4.52 Å². The molecule has 0 bridgehead atoms. The average Bonchev–Trinajstić information content (AvgIpc) is 2.87.